The van der Waals surface area contributed by atoms with Gasteiger partial charge in [0.05, 0.1) is 6.07 Å². The summed E-state index contributed by atoms with van der Waals surface area (Å²) in [6.07, 6.45) is 0. The van der Waals surface area contributed by atoms with Crippen LogP contribution >= 0.6 is 0 Å². The molecule has 1 heterocycles. The zero-order chi connectivity index (χ0) is 14.0. The molecule has 0 fully saturated rings. The third-order valence-corrected chi connectivity index (χ3v) is 2.59. The van der Waals surface area contributed by atoms with Crippen LogP contribution in [0.2, 0.25) is 0 Å². The fourth-order valence-electron chi connectivity index (χ4n) is 1.71. The maximum Gasteiger partial charge on any atom is 1.00 e. The van der Waals surface area contributed by atoms with E-state index in [0.29, 0.717) is 5.56 Å². The second-order valence-corrected chi connectivity index (χ2v) is 3.80. The number of aromatic amines is 2. The summed E-state index contributed by atoms with van der Waals surface area (Å²) in [5.74, 6) is -2.01. The second kappa shape index (κ2) is 6.43. The van der Waals surface area contributed by atoms with E-state index in [-0.39, 0.29) is 40.9 Å². The van der Waals surface area contributed by atoms with Crippen LogP contribution < -0.4 is 45.9 Å². The van der Waals surface area contributed by atoms with Crippen molar-refractivity contribution in [3.63, 3.8) is 0 Å². The van der Waals surface area contributed by atoms with Crippen molar-refractivity contribution < 1.29 is 39.8 Å². The number of hydrogen-bond acceptors (Lipinski definition) is 5. The maximum absolute atomic E-state index is 11.6. The fourth-order valence-corrected chi connectivity index (χ4v) is 1.71. The van der Waals surface area contributed by atoms with Crippen LogP contribution in [0, 0.1) is 11.3 Å². The number of nitriles is 1. The zero-order valence-corrected chi connectivity index (χ0v) is 12.5. The van der Waals surface area contributed by atoms with E-state index in [9.17, 15) is 14.7 Å². The summed E-state index contributed by atoms with van der Waals surface area (Å²) >= 11 is 0. The molecule has 2 rings (SSSR count). The molecule has 0 saturated heterocycles. The molecule has 20 heavy (non-hydrogen) atoms. The SMILES string of the molecule is N#CC(c1ccc(O)cc1)c1c([O-])[nH]c(=O)[nH]c1=O.[Na+]. The van der Waals surface area contributed by atoms with Gasteiger partial charge in [-0.15, -0.1) is 0 Å². The van der Waals surface area contributed by atoms with Crippen LogP contribution in [0.4, 0.5) is 0 Å². The second-order valence-electron chi connectivity index (χ2n) is 3.80. The third-order valence-electron chi connectivity index (χ3n) is 2.59. The molecule has 8 heteroatoms. The molecule has 0 amide bonds. The Bertz CT molecular complexity index is 758. The minimum absolute atomic E-state index is 0. The van der Waals surface area contributed by atoms with Crippen LogP contribution in [0.1, 0.15) is 17.0 Å². The molecule has 96 valence electrons. The molecule has 0 aliphatic heterocycles. The molecule has 1 aromatic heterocycles. The molecule has 1 aromatic carbocycles. The van der Waals surface area contributed by atoms with Crippen LogP contribution in [0.5, 0.6) is 11.6 Å². The number of aromatic hydroxyl groups is 1. The molecule has 0 spiro atoms. The average molecular weight is 281 g/mol. The Labute approximate surface area is 134 Å². The molecule has 3 N–H and O–H groups in total. The molecule has 0 radical (unpaired) electrons. The molecular formula is C12H8N3NaO4. The van der Waals surface area contributed by atoms with Crippen LogP contribution in [0.25, 0.3) is 0 Å². The van der Waals surface area contributed by atoms with Gasteiger partial charge in [0.15, 0.2) is 0 Å². The Balaban J connectivity index is 0.00000200. The van der Waals surface area contributed by atoms with Crippen LogP contribution in [-0.2, 0) is 0 Å². The molecule has 1 unspecified atom stereocenters. The Morgan fingerprint density at radius 2 is 1.80 bits per heavy atom. The number of nitrogens with zero attached hydrogens (tertiary/aromatic N) is 1. The molecule has 0 aliphatic carbocycles. The predicted octanol–water partition coefficient (Wildman–Crippen LogP) is -3.50. The molecule has 0 saturated carbocycles. The Morgan fingerprint density at radius 3 is 2.30 bits per heavy atom. The van der Waals surface area contributed by atoms with Gasteiger partial charge in [-0.3, -0.25) is 9.78 Å². The van der Waals surface area contributed by atoms with Crippen molar-refractivity contribution in [2.75, 3.05) is 0 Å². The first-order chi connectivity index (χ1) is 9.02. The summed E-state index contributed by atoms with van der Waals surface area (Å²) in [4.78, 5) is 26.4. The summed E-state index contributed by atoms with van der Waals surface area (Å²) in [6.45, 7) is 0. The summed E-state index contributed by atoms with van der Waals surface area (Å²) < 4.78 is 0. The van der Waals surface area contributed by atoms with Crippen molar-refractivity contribution in [2.24, 2.45) is 0 Å². The van der Waals surface area contributed by atoms with E-state index in [1.165, 1.54) is 24.3 Å². The Hall–Kier alpha value is -2.01. The predicted molar refractivity (Wildman–Crippen MR) is 62.7 cm³/mol. The van der Waals surface area contributed by atoms with Crippen molar-refractivity contribution in [1.82, 2.24) is 9.97 Å². The van der Waals surface area contributed by atoms with Crippen molar-refractivity contribution in [1.29, 1.82) is 5.26 Å². The number of benzene rings is 1. The van der Waals surface area contributed by atoms with E-state index < -0.39 is 23.0 Å². The van der Waals surface area contributed by atoms with E-state index in [0.717, 1.165) is 0 Å². The third kappa shape index (κ3) is 3.11. The van der Waals surface area contributed by atoms with Crippen LogP contribution in [-0.4, -0.2) is 15.1 Å². The van der Waals surface area contributed by atoms with E-state index >= 15 is 0 Å². The van der Waals surface area contributed by atoms with E-state index in [1.807, 2.05) is 16.0 Å². The topological polar surface area (TPSA) is 133 Å². The molecule has 2 aromatic rings. The maximum atomic E-state index is 11.6. The van der Waals surface area contributed by atoms with Gasteiger partial charge in [-0.2, -0.15) is 5.26 Å². The normalized spacial score (nSPS) is 11.2. The average Bonchev–Trinajstić information content (AvgIpc) is 2.35. The summed E-state index contributed by atoms with van der Waals surface area (Å²) in [5, 5.41) is 29.9. The number of phenolic OH excluding ortho intramolecular Hbond substituents is 1. The van der Waals surface area contributed by atoms with Gasteiger partial charge >= 0.3 is 35.2 Å². The van der Waals surface area contributed by atoms with E-state index in [4.69, 9.17) is 10.4 Å². The Morgan fingerprint density at radius 1 is 1.20 bits per heavy atom. The van der Waals surface area contributed by atoms with E-state index in [1.54, 1.807) is 0 Å². The van der Waals surface area contributed by atoms with Crippen molar-refractivity contribution in [3.05, 3.63) is 56.2 Å². The van der Waals surface area contributed by atoms with Crippen molar-refractivity contribution in [2.45, 2.75) is 5.92 Å². The first kappa shape index (κ1) is 16.0. The smallest absolute Gasteiger partial charge is 0.860 e. The van der Waals surface area contributed by atoms with Crippen LogP contribution in [0.15, 0.2) is 33.9 Å². The number of rotatable bonds is 2. The number of hydrogen-bond donors (Lipinski definition) is 3. The van der Waals surface area contributed by atoms with Crippen LogP contribution in [0.3, 0.4) is 0 Å². The summed E-state index contributed by atoms with van der Waals surface area (Å²) in [7, 11) is 0. The van der Waals surface area contributed by atoms with Gasteiger partial charge in [0.25, 0.3) is 5.56 Å². The van der Waals surface area contributed by atoms with Crippen molar-refractivity contribution >= 4 is 0 Å². The van der Waals surface area contributed by atoms with Gasteiger partial charge in [0.1, 0.15) is 11.7 Å². The summed E-state index contributed by atoms with van der Waals surface area (Å²) in [6, 6.07) is 7.35. The van der Waals surface area contributed by atoms with Gasteiger partial charge in [0, 0.05) is 5.56 Å². The standard InChI is InChI=1S/C12H9N3O4.Na/c13-5-8(6-1-3-7(16)4-2-6)9-10(17)14-12(19)15-11(9)18;/h1-4,8,16H,(H3,14,15,17,18,19);/q;+1/p-1. The molecular weight excluding hydrogens is 273 g/mol. The minimum atomic E-state index is -1.12. The first-order valence-corrected chi connectivity index (χ1v) is 5.25. The Kier molecular flexibility index (Phi) is 5.16. The number of H-pyrrole nitrogens is 2. The largest absolute Gasteiger partial charge is 1.00 e. The van der Waals surface area contributed by atoms with Gasteiger partial charge in [-0.05, 0) is 23.6 Å². The zero-order valence-electron chi connectivity index (χ0n) is 10.5. The monoisotopic (exact) mass is 281 g/mol. The van der Waals surface area contributed by atoms with Gasteiger partial charge in [-0.25, -0.2) is 4.79 Å². The van der Waals surface area contributed by atoms with E-state index in [2.05, 4.69) is 0 Å². The first-order valence-electron chi connectivity index (χ1n) is 5.25. The molecule has 1 atom stereocenters. The van der Waals surface area contributed by atoms with Gasteiger partial charge in [0.2, 0.25) is 0 Å². The number of nitrogens with one attached hydrogen (secondary N) is 2. The fraction of sp³-hybridized carbons (Fsp3) is 0.0833. The van der Waals surface area contributed by atoms with Crippen molar-refractivity contribution in [3.8, 4) is 17.7 Å². The summed E-state index contributed by atoms with van der Waals surface area (Å²) in [5.41, 5.74) is -1.79. The van der Waals surface area contributed by atoms with Gasteiger partial charge < -0.3 is 15.2 Å². The van der Waals surface area contributed by atoms with Gasteiger partial charge in [-0.1, -0.05) is 12.1 Å². The molecule has 0 bridgehead atoms. The minimum Gasteiger partial charge on any atom is -0.860 e. The molecule has 0 aliphatic rings. The quantitative estimate of drug-likeness (QED) is 0.491. The number of aromatic nitrogens is 2. The molecule has 7 nitrogen and oxygen atoms in total. The number of phenols is 1.